The van der Waals surface area contributed by atoms with Gasteiger partial charge in [0.15, 0.2) is 23.2 Å². The van der Waals surface area contributed by atoms with E-state index in [1.807, 2.05) is 0 Å². The lowest BCUT2D eigenvalue weighted by Crippen LogP contribution is -2.33. The third-order valence-corrected chi connectivity index (χ3v) is 5.82. The third kappa shape index (κ3) is 4.30. The first-order valence-corrected chi connectivity index (χ1v) is 10.6. The van der Waals surface area contributed by atoms with Crippen molar-refractivity contribution in [2.45, 2.75) is 19.0 Å². The van der Waals surface area contributed by atoms with E-state index in [4.69, 9.17) is 11.6 Å². The van der Waals surface area contributed by atoms with Crippen LogP contribution in [0, 0.1) is 17.5 Å². The zero-order valence-corrected chi connectivity index (χ0v) is 18.5. The highest BCUT2D eigenvalue weighted by molar-refractivity contribution is 6.30. The van der Waals surface area contributed by atoms with Crippen LogP contribution in [0.5, 0.6) is 5.75 Å². The molecule has 0 fully saturated rings. The summed E-state index contributed by atoms with van der Waals surface area (Å²) >= 11 is 6.03. The molecule has 0 aromatic heterocycles. The Bertz CT molecular complexity index is 1430. The number of rotatable bonds is 7. The van der Waals surface area contributed by atoms with Gasteiger partial charge in [0.25, 0.3) is 10.9 Å². The Morgan fingerprint density at radius 2 is 1.53 bits per heavy atom. The zero-order valence-electron chi connectivity index (χ0n) is 17.7. The molecule has 5 nitrogen and oxygen atoms in total. The fourth-order valence-electron chi connectivity index (χ4n) is 3.73. The van der Waals surface area contributed by atoms with Crippen molar-refractivity contribution < 1.29 is 18.3 Å². The van der Waals surface area contributed by atoms with E-state index in [1.165, 1.54) is 0 Å². The highest BCUT2D eigenvalue weighted by Gasteiger charge is 2.26. The van der Waals surface area contributed by atoms with Gasteiger partial charge < -0.3 is 10.4 Å². The molecule has 0 aliphatic heterocycles. The van der Waals surface area contributed by atoms with Gasteiger partial charge in [-0.05, 0) is 42.3 Å². The van der Waals surface area contributed by atoms with Gasteiger partial charge in [0.2, 0.25) is 0 Å². The highest BCUT2D eigenvalue weighted by Crippen LogP contribution is 2.34. The smallest absolute Gasteiger partial charge is 0.271 e. The molecule has 2 unspecified atom stereocenters. The molecule has 0 spiro atoms. The number of hydrogen-bond donors (Lipinski definition) is 3. The van der Waals surface area contributed by atoms with E-state index in [1.54, 1.807) is 55.5 Å². The molecule has 0 amide bonds. The molecule has 0 radical (unpaired) electrons. The summed E-state index contributed by atoms with van der Waals surface area (Å²) < 4.78 is 41.7. The third-order valence-electron chi connectivity index (χ3n) is 5.57. The van der Waals surface area contributed by atoms with Gasteiger partial charge in [0.1, 0.15) is 5.69 Å². The Kier molecular flexibility index (Phi) is 6.45. The quantitative estimate of drug-likeness (QED) is 0.246. The summed E-state index contributed by atoms with van der Waals surface area (Å²) in [6, 6.07) is 14.2. The van der Waals surface area contributed by atoms with Crippen LogP contribution < -0.4 is 21.5 Å². The van der Waals surface area contributed by atoms with Crippen LogP contribution in [0.15, 0.2) is 70.3 Å². The maximum atomic E-state index is 14.5. The van der Waals surface area contributed by atoms with Gasteiger partial charge in [-0.15, -0.1) is 0 Å². The minimum atomic E-state index is -1.56. The zero-order chi connectivity index (χ0) is 24.6. The van der Waals surface area contributed by atoms with Crippen LogP contribution in [0.25, 0.3) is 0 Å². The molecule has 4 aromatic rings. The largest absolute Gasteiger partial charge is 0.502 e. The molecule has 0 aliphatic rings. The van der Waals surface area contributed by atoms with Crippen LogP contribution in [0.3, 0.4) is 0 Å². The lowest BCUT2D eigenvalue weighted by molar-refractivity contribution is 0.423. The molecule has 0 saturated carbocycles. The first-order valence-electron chi connectivity index (χ1n) is 10.2. The van der Waals surface area contributed by atoms with Crippen LogP contribution in [0.2, 0.25) is 5.02 Å². The Morgan fingerprint density at radius 3 is 2.21 bits per heavy atom. The Morgan fingerprint density at radius 1 is 0.853 bits per heavy atom. The molecule has 4 rings (SSSR count). The van der Waals surface area contributed by atoms with E-state index in [-0.39, 0.29) is 11.3 Å². The molecule has 34 heavy (non-hydrogen) atoms. The molecular formula is C25H18ClF3N2O3. The predicted molar refractivity (Wildman–Crippen MR) is 124 cm³/mol. The fourth-order valence-corrected chi connectivity index (χ4v) is 3.85. The first-order chi connectivity index (χ1) is 16.2. The molecule has 9 heteroatoms. The normalized spacial score (nSPS) is 13.1. The second-order valence-corrected chi connectivity index (χ2v) is 8.17. The van der Waals surface area contributed by atoms with E-state index < -0.39 is 46.1 Å². The molecule has 3 N–H and O–H groups in total. The van der Waals surface area contributed by atoms with Crippen molar-refractivity contribution >= 4 is 23.0 Å². The van der Waals surface area contributed by atoms with Crippen LogP contribution in [-0.2, 0) is 0 Å². The molecule has 2 atom stereocenters. The summed E-state index contributed by atoms with van der Waals surface area (Å²) in [5, 5.41) is 16.3. The Hall–Kier alpha value is -3.62. The minimum absolute atomic E-state index is 0.0802. The molecule has 174 valence electrons. The van der Waals surface area contributed by atoms with E-state index in [0.717, 1.165) is 12.1 Å². The number of para-hydroxylation sites is 1. The number of nitrogens with one attached hydrogen (secondary N) is 2. The second kappa shape index (κ2) is 9.32. The number of halogens is 4. The second-order valence-electron chi connectivity index (χ2n) is 7.73. The van der Waals surface area contributed by atoms with Crippen molar-refractivity contribution in [3.8, 4) is 5.75 Å². The maximum Gasteiger partial charge on any atom is 0.271 e. The average Bonchev–Trinajstić information content (AvgIpc) is 2.84. The van der Waals surface area contributed by atoms with Gasteiger partial charge in [-0.1, -0.05) is 48.0 Å². The summed E-state index contributed by atoms with van der Waals surface area (Å²) in [5.74, 6) is -4.81. The molecule has 0 bridgehead atoms. The van der Waals surface area contributed by atoms with Gasteiger partial charge in [-0.25, -0.2) is 13.2 Å². The lowest BCUT2D eigenvalue weighted by Gasteiger charge is -2.27. The first kappa shape index (κ1) is 23.5. The van der Waals surface area contributed by atoms with E-state index >= 15 is 0 Å². The van der Waals surface area contributed by atoms with Crippen molar-refractivity contribution in [1.82, 2.24) is 5.32 Å². The number of aromatic hydroxyl groups is 1. The van der Waals surface area contributed by atoms with Crippen molar-refractivity contribution in [3.63, 3.8) is 0 Å². The number of benzene rings is 3. The van der Waals surface area contributed by atoms with Gasteiger partial charge in [-0.2, -0.15) is 0 Å². The lowest BCUT2D eigenvalue weighted by atomic mass is 9.94. The summed E-state index contributed by atoms with van der Waals surface area (Å²) in [5.41, 5.74) is -0.462. The van der Waals surface area contributed by atoms with E-state index in [2.05, 4.69) is 10.6 Å². The van der Waals surface area contributed by atoms with Gasteiger partial charge in [0, 0.05) is 22.3 Å². The highest BCUT2D eigenvalue weighted by atomic mass is 35.5. The van der Waals surface area contributed by atoms with Crippen LogP contribution >= 0.6 is 11.6 Å². The van der Waals surface area contributed by atoms with Crippen LogP contribution in [-0.4, -0.2) is 5.11 Å². The Balaban J connectivity index is 1.77. The van der Waals surface area contributed by atoms with E-state index in [0.29, 0.717) is 21.8 Å². The molecule has 0 heterocycles. The molecule has 0 aliphatic carbocycles. The topological polar surface area (TPSA) is 78.4 Å². The monoisotopic (exact) mass is 486 g/mol. The van der Waals surface area contributed by atoms with Crippen LogP contribution in [0.1, 0.15) is 35.7 Å². The summed E-state index contributed by atoms with van der Waals surface area (Å²) in [6.07, 6.45) is 0. The van der Waals surface area contributed by atoms with Crippen molar-refractivity contribution in [3.05, 3.63) is 120 Å². The van der Waals surface area contributed by atoms with Crippen molar-refractivity contribution in [2.75, 3.05) is 5.32 Å². The van der Waals surface area contributed by atoms with Gasteiger partial charge in [-0.3, -0.25) is 14.9 Å². The number of anilines is 2. The number of hydrogen-bond acceptors (Lipinski definition) is 5. The standard InChI is InChI=1S/C25H18ClF3N2O3/c1-12(15-10-11-17(27)20(29)19(15)28)30-21(13-6-8-14(26)9-7-13)16-4-2-3-5-18(16)31-22-23(32)25(34)24(22)33/h2-12,21,30-32H,1H3. The average molecular weight is 487 g/mol. The molecule has 4 aromatic carbocycles. The van der Waals surface area contributed by atoms with Gasteiger partial charge in [0.05, 0.1) is 6.04 Å². The summed E-state index contributed by atoms with van der Waals surface area (Å²) in [4.78, 5) is 23.3. The predicted octanol–water partition coefficient (Wildman–Crippen LogP) is 5.24. The Labute approximate surface area is 197 Å². The molecule has 0 saturated heterocycles. The minimum Gasteiger partial charge on any atom is -0.502 e. The van der Waals surface area contributed by atoms with Crippen molar-refractivity contribution in [2.24, 2.45) is 0 Å². The van der Waals surface area contributed by atoms with E-state index in [9.17, 15) is 27.9 Å². The summed E-state index contributed by atoms with van der Waals surface area (Å²) in [7, 11) is 0. The van der Waals surface area contributed by atoms with Gasteiger partial charge >= 0.3 is 0 Å². The summed E-state index contributed by atoms with van der Waals surface area (Å²) in [6.45, 7) is 1.59. The maximum absolute atomic E-state index is 14.5. The van der Waals surface area contributed by atoms with Crippen molar-refractivity contribution in [1.29, 1.82) is 0 Å². The molecular weight excluding hydrogens is 469 g/mol. The van der Waals surface area contributed by atoms with Crippen LogP contribution in [0.4, 0.5) is 24.5 Å². The fraction of sp³-hybridized carbons (Fsp3) is 0.120. The SMILES string of the molecule is CC(NC(c1ccc(Cl)cc1)c1ccccc1Nc1c(O)c(=O)c1=O)c1ccc(F)c(F)c1F.